The molecule has 0 bridgehead atoms. The molecule has 0 unspecified atom stereocenters. The average Bonchev–Trinajstić information content (AvgIpc) is 3.14. The Morgan fingerprint density at radius 2 is 1.21 bits per heavy atom. The number of carbonyl (C=O) groups excluding carboxylic acids is 3. The van der Waals surface area contributed by atoms with E-state index in [4.69, 9.17) is 4.74 Å². The normalized spacial score (nSPS) is 13.2. The maximum atomic E-state index is 12.0. The van der Waals surface area contributed by atoms with E-state index in [1.165, 1.54) is 89.5 Å². The summed E-state index contributed by atoms with van der Waals surface area (Å²) >= 11 is 0. The van der Waals surface area contributed by atoms with Crippen molar-refractivity contribution in [3.8, 4) is 5.75 Å². The lowest BCUT2D eigenvalue weighted by Crippen LogP contribution is -2.21. The second-order valence-corrected chi connectivity index (χ2v) is 9.07. The predicted octanol–water partition coefficient (Wildman–Crippen LogP) is 6.89. The minimum absolute atomic E-state index is 0.231. The van der Waals surface area contributed by atoms with E-state index in [1.807, 2.05) is 0 Å². The van der Waals surface area contributed by atoms with Gasteiger partial charge < -0.3 is 4.74 Å². The summed E-state index contributed by atoms with van der Waals surface area (Å²) < 4.78 is 5.37. The SMILES string of the molecule is CCCCCCCCCCCCCCCCCC(=O)Oc1ccc(C2=CC(=O)NC2=O)cc1. The highest BCUT2D eigenvalue weighted by Gasteiger charge is 2.22. The molecule has 0 aromatic heterocycles. The number of ether oxygens (including phenoxy) is 1. The smallest absolute Gasteiger partial charge is 0.311 e. The van der Waals surface area contributed by atoms with Crippen molar-refractivity contribution in [3.05, 3.63) is 35.9 Å². The molecular formula is C28H41NO4. The molecule has 1 aromatic rings. The highest BCUT2D eigenvalue weighted by Crippen LogP contribution is 2.22. The molecular weight excluding hydrogens is 414 g/mol. The van der Waals surface area contributed by atoms with Gasteiger partial charge in [0.1, 0.15) is 5.75 Å². The van der Waals surface area contributed by atoms with Gasteiger partial charge in [0.05, 0.1) is 5.57 Å². The van der Waals surface area contributed by atoms with Crippen LogP contribution in [0.2, 0.25) is 0 Å². The number of hydrogen-bond acceptors (Lipinski definition) is 4. The van der Waals surface area contributed by atoms with Crippen molar-refractivity contribution in [2.75, 3.05) is 0 Å². The molecule has 2 rings (SSSR count). The third-order valence-electron chi connectivity index (χ3n) is 6.14. The zero-order chi connectivity index (χ0) is 23.7. The van der Waals surface area contributed by atoms with Gasteiger partial charge in [0.15, 0.2) is 0 Å². The Morgan fingerprint density at radius 1 is 0.727 bits per heavy atom. The van der Waals surface area contributed by atoms with Crippen LogP contribution in [0.5, 0.6) is 5.75 Å². The minimum Gasteiger partial charge on any atom is -0.427 e. The number of rotatable bonds is 18. The quantitative estimate of drug-likeness (QED) is 0.113. The van der Waals surface area contributed by atoms with Crippen LogP contribution < -0.4 is 10.1 Å². The second-order valence-electron chi connectivity index (χ2n) is 9.07. The van der Waals surface area contributed by atoms with Crippen LogP contribution in [-0.4, -0.2) is 17.8 Å². The van der Waals surface area contributed by atoms with Crippen molar-refractivity contribution in [2.45, 2.75) is 110 Å². The molecule has 0 fully saturated rings. The summed E-state index contributed by atoms with van der Waals surface area (Å²) in [5.41, 5.74) is 0.955. The minimum atomic E-state index is -0.408. The average molecular weight is 456 g/mol. The molecule has 182 valence electrons. The largest absolute Gasteiger partial charge is 0.427 e. The highest BCUT2D eigenvalue weighted by atomic mass is 16.5. The third kappa shape index (κ3) is 11.3. The fourth-order valence-electron chi connectivity index (χ4n) is 4.15. The summed E-state index contributed by atoms with van der Waals surface area (Å²) in [7, 11) is 0. The first kappa shape index (κ1) is 26.8. The maximum Gasteiger partial charge on any atom is 0.311 e. The molecule has 1 heterocycles. The van der Waals surface area contributed by atoms with Crippen molar-refractivity contribution >= 4 is 23.4 Å². The molecule has 1 aliphatic heterocycles. The van der Waals surface area contributed by atoms with Gasteiger partial charge in [-0.25, -0.2) is 0 Å². The van der Waals surface area contributed by atoms with E-state index in [-0.39, 0.29) is 5.97 Å². The first-order valence-corrected chi connectivity index (χ1v) is 13.0. The van der Waals surface area contributed by atoms with Crippen LogP contribution in [0.1, 0.15) is 115 Å². The molecule has 5 heteroatoms. The molecule has 2 amide bonds. The van der Waals surface area contributed by atoms with Crippen LogP contribution in [0, 0.1) is 0 Å². The van der Waals surface area contributed by atoms with Crippen LogP contribution in [0.25, 0.3) is 5.57 Å². The summed E-state index contributed by atoms with van der Waals surface area (Å²) in [6.07, 6.45) is 21.1. The molecule has 0 radical (unpaired) electrons. The van der Waals surface area contributed by atoms with Gasteiger partial charge in [-0.1, -0.05) is 109 Å². The summed E-state index contributed by atoms with van der Waals surface area (Å²) in [5, 5.41) is 2.22. The number of imide groups is 1. The van der Waals surface area contributed by atoms with Crippen LogP contribution in [0.3, 0.4) is 0 Å². The van der Waals surface area contributed by atoms with Crippen LogP contribution in [0.4, 0.5) is 0 Å². The van der Waals surface area contributed by atoms with Crippen LogP contribution in [-0.2, 0) is 14.4 Å². The van der Waals surface area contributed by atoms with Gasteiger partial charge in [0.25, 0.3) is 11.8 Å². The Morgan fingerprint density at radius 3 is 1.67 bits per heavy atom. The molecule has 1 N–H and O–H groups in total. The lowest BCUT2D eigenvalue weighted by Gasteiger charge is -2.06. The van der Waals surface area contributed by atoms with E-state index in [1.54, 1.807) is 24.3 Å². The molecule has 33 heavy (non-hydrogen) atoms. The lowest BCUT2D eigenvalue weighted by atomic mass is 10.0. The molecule has 1 aromatic carbocycles. The van der Waals surface area contributed by atoms with Crippen molar-refractivity contribution < 1.29 is 19.1 Å². The molecule has 0 spiro atoms. The fourth-order valence-corrected chi connectivity index (χ4v) is 4.15. The zero-order valence-corrected chi connectivity index (χ0v) is 20.3. The number of carbonyl (C=O) groups is 3. The Hall–Kier alpha value is -2.43. The number of amides is 2. The van der Waals surface area contributed by atoms with Crippen LogP contribution >= 0.6 is 0 Å². The lowest BCUT2D eigenvalue weighted by molar-refractivity contribution is -0.134. The Bertz CT molecular complexity index is 767. The third-order valence-corrected chi connectivity index (χ3v) is 6.14. The molecule has 1 aliphatic rings. The van der Waals surface area contributed by atoms with Crippen LogP contribution in [0.15, 0.2) is 30.3 Å². The Labute approximate surface area is 199 Å². The van der Waals surface area contributed by atoms with Crippen molar-refractivity contribution in [1.29, 1.82) is 0 Å². The molecule has 0 saturated heterocycles. The van der Waals surface area contributed by atoms with Gasteiger partial charge in [0.2, 0.25) is 0 Å². The van der Waals surface area contributed by atoms with Gasteiger partial charge in [-0.2, -0.15) is 0 Å². The second kappa shape index (κ2) is 16.2. The van der Waals surface area contributed by atoms with E-state index >= 15 is 0 Å². The van der Waals surface area contributed by atoms with Gasteiger partial charge in [-0.3, -0.25) is 19.7 Å². The first-order valence-electron chi connectivity index (χ1n) is 13.0. The fraction of sp³-hybridized carbons (Fsp3) is 0.607. The maximum absolute atomic E-state index is 12.0. The summed E-state index contributed by atoms with van der Waals surface area (Å²) in [6.45, 7) is 2.27. The standard InChI is InChI=1S/C28H41NO4/c1-2-3-4-5-6-7-8-9-10-11-12-13-14-15-16-17-27(31)33-24-20-18-23(19-21-24)25-22-26(30)29-28(25)32/h18-22H,2-17H2,1H3,(H,29,30,32). The summed E-state index contributed by atoms with van der Waals surface area (Å²) in [5.74, 6) is -0.590. The zero-order valence-electron chi connectivity index (χ0n) is 20.3. The summed E-state index contributed by atoms with van der Waals surface area (Å²) in [4.78, 5) is 35.0. The number of unbranched alkanes of at least 4 members (excludes halogenated alkanes) is 14. The van der Waals surface area contributed by atoms with Gasteiger partial charge in [-0.05, 0) is 24.1 Å². The highest BCUT2D eigenvalue weighted by molar-refractivity contribution is 6.33. The van der Waals surface area contributed by atoms with Crippen molar-refractivity contribution in [2.24, 2.45) is 0 Å². The van der Waals surface area contributed by atoms with Gasteiger partial charge >= 0.3 is 5.97 Å². The van der Waals surface area contributed by atoms with Gasteiger partial charge in [0, 0.05) is 12.5 Å². The number of esters is 1. The molecule has 0 saturated carbocycles. The van der Waals surface area contributed by atoms with E-state index in [0.29, 0.717) is 23.3 Å². The number of benzene rings is 1. The van der Waals surface area contributed by atoms with E-state index < -0.39 is 11.8 Å². The molecule has 0 aliphatic carbocycles. The Kier molecular flexibility index (Phi) is 13.2. The van der Waals surface area contributed by atoms with E-state index in [9.17, 15) is 14.4 Å². The van der Waals surface area contributed by atoms with E-state index in [2.05, 4.69) is 12.2 Å². The molecule has 0 atom stereocenters. The summed E-state index contributed by atoms with van der Waals surface area (Å²) in [6, 6.07) is 6.66. The van der Waals surface area contributed by atoms with E-state index in [0.717, 1.165) is 12.8 Å². The topological polar surface area (TPSA) is 72.5 Å². The predicted molar refractivity (Wildman–Crippen MR) is 133 cm³/mol. The first-order chi connectivity index (χ1) is 16.1. The van der Waals surface area contributed by atoms with Crippen molar-refractivity contribution in [1.82, 2.24) is 5.32 Å². The Balaban J connectivity index is 1.43. The number of hydrogen-bond donors (Lipinski definition) is 1. The van der Waals surface area contributed by atoms with Crippen molar-refractivity contribution in [3.63, 3.8) is 0 Å². The molecule has 5 nitrogen and oxygen atoms in total. The number of nitrogens with one attached hydrogen (secondary N) is 1. The monoisotopic (exact) mass is 455 g/mol. The van der Waals surface area contributed by atoms with Gasteiger partial charge in [-0.15, -0.1) is 0 Å².